The minimum Gasteiger partial charge on any atom is -0.361 e. The van der Waals surface area contributed by atoms with E-state index < -0.39 is 21.9 Å². The predicted octanol–water partition coefficient (Wildman–Crippen LogP) is 0.739. The molecule has 1 aliphatic heterocycles. The molecule has 0 N–H and O–H groups in total. The largest absolute Gasteiger partial charge is 0.361 e. The van der Waals surface area contributed by atoms with Crippen molar-refractivity contribution >= 4 is 10.0 Å². The molecule has 0 saturated carbocycles. The first-order chi connectivity index (χ1) is 8.55. The average molecular weight is 270 g/mol. The van der Waals surface area contributed by atoms with Gasteiger partial charge in [-0.15, -0.1) is 0 Å². The molecule has 0 spiro atoms. The van der Waals surface area contributed by atoms with Crippen molar-refractivity contribution in [1.29, 1.82) is 5.26 Å². The molecule has 5 nitrogen and oxygen atoms in total. The molecule has 1 saturated heterocycles. The van der Waals surface area contributed by atoms with Gasteiger partial charge in [0.15, 0.2) is 6.10 Å². The van der Waals surface area contributed by atoms with E-state index in [1.54, 1.807) is 0 Å². The smallest absolute Gasteiger partial charge is 0.246 e. The molecule has 1 aromatic carbocycles. The maximum Gasteiger partial charge on any atom is 0.246 e. The monoisotopic (exact) mass is 270 g/mol. The average Bonchev–Trinajstić information content (AvgIpc) is 2.39. The number of morpholine rings is 1. The zero-order valence-corrected chi connectivity index (χ0v) is 10.2. The van der Waals surface area contributed by atoms with Gasteiger partial charge >= 0.3 is 0 Å². The highest BCUT2D eigenvalue weighted by Gasteiger charge is 2.32. The van der Waals surface area contributed by atoms with Crippen molar-refractivity contribution in [1.82, 2.24) is 4.31 Å². The first-order valence-electron chi connectivity index (χ1n) is 5.31. The molecule has 18 heavy (non-hydrogen) atoms. The van der Waals surface area contributed by atoms with Crippen LogP contribution in [0.2, 0.25) is 0 Å². The highest BCUT2D eigenvalue weighted by molar-refractivity contribution is 7.89. The number of rotatable bonds is 2. The molecule has 0 aliphatic carbocycles. The second kappa shape index (κ2) is 5.02. The third kappa shape index (κ3) is 2.36. The van der Waals surface area contributed by atoms with Crippen LogP contribution in [0.15, 0.2) is 29.2 Å². The van der Waals surface area contributed by atoms with Gasteiger partial charge in [0.1, 0.15) is 10.7 Å². The summed E-state index contributed by atoms with van der Waals surface area (Å²) in [5, 5.41) is 8.73. The van der Waals surface area contributed by atoms with Crippen molar-refractivity contribution in [2.75, 3.05) is 19.7 Å². The highest BCUT2D eigenvalue weighted by Crippen LogP contribution is 2.20. The van der Waals surface area contributed by atoms with Gasteiger partial charge < -0.3 is 4.74 Å². The molecule has 0 bridgehead atoms. The number of hydrogen-bond acceptors (Lipinski definition) is 4. The van der Waals surface area contributed by atoms with Crippen molar-refractivity contribution in [2.24, 2.45) is 0 Å². The van der Waals surface area contributed by atoms with Crippen molar-refractivity contribution in [3.05, 3.63) is 30.1 Å². The molecule has 0 amide bonds. The molecule has 1 fully saturated rings. The van der Waals surface area contributed by atoms with Gasteiger partial charge in [-0.2, -0.15) is 9.57 Å². The van der Waals surface area contributed by atoms with Crippen molar-refractivity contribution < 1.29 is 17.5 Å². The first kappa shape index (κ1) is 13.0. The molecule has 1 unspecified atom stereocenters. The Kier molecular flexibility index (Phi) is 3.61. The summed E-state index contributed by atoms with van der Waals surface area (Å²) < 4.78 is 44.0. The van der Waals surface area contributed by atoms with E-state index in [2.05, 4.69) is 0 Å². The molecule has 96 valence electrons. The summed E-state index contributed by atoms with van der Waals surface area (Å²) in [5.74, 6) is -0.794. The van der Waals surface area contributed by atoms with E-state index >= 15 is 0 Å². The molecule has 1 aliphatic rings. The first-order valence-corrected chi connectivity index (χ1v) is 6.75. The zero-order valence-electron chi connectivity index (χ0n) is 9.41. The Morgan fingerprint density at radius 2 is 2.17 bits per heavy atom. The number of ether oxygens (including phenoxy) is 1. The summed E-state index contributed by atoms with van der Waals surface area (Å²) in [5.41, 5.74) is 0. The van der Waals surface area contributed by atoms with E-state index in [9.17, 15) is 12.8 Å². The van der Waals surface area contributed by atoms with Crippen molar-refractivity contribution in [3.63, 3.8) is 0 Å². The van der Waals surface area contributed by atoms with Crippen LogP contribution >= 0.6 is 0 Å². The van der Waals surface area contributed by atoms with Gasteiger partial charge in [-0.3, -0.25) is 0 Å². The molecular formula is C11H11FN2O3S. The topological polar surface area (TPSA) is 70.4 Å². The van der Waals surface area contributed by atoms with Crippen LogP contribution in [0.3, 0.4) is 0 Å². The molecule has 1 atom stereocenters. The third-order valence-electron chi connectivity index (χ3n) is 2.63. The van der Waals surface area contributed by atoms with Crippen LogP contribution in [-0.4, -0.2) is 38.5 Å². The summed E-state index contributed by atoms with van der Waals surface area (Å²) in [4.78, 5) is -0.372. The Hall–Kier alpha value is -1.49. The number of halogens is 1. The Balaban J connectivity index is 2.32. The van der Waals surface area contributed by atoms with Crippen molar-refractivity contribution in [3.8, 4) is 6.07 Å². The normalized spacial score (nSPS) is 21.4. The van der Waals surface area contributed by atoms with Crippen LogP contribution in [0, 0.1) is 17.1 Å². The maximum absolute atomic E-state index is 13.5. The molecule has 7 heteroatoms. The van der Waals surface area contributed by atoms with Crippen LogP contribution < -0.4 is 0 Å². The van der Waals surface area contributed by atoms with E-state index in [1.165, 1.54) is 18.2 Å². The summed E-state index contributed by atoms with van der Waals surface area (Å²) in [6.07, 6.45) is -0.805. The minimum absolute atomic E-state index is 0.0762. The van der Waals surface area contributed by atoms with Gasteiger partial charge in [-0.05, 0) is 12.1 Å². The van der Waals surface area contributed by atoms with Gasteiger partial charge in [0.2, 0.25) is 10.0 Å². The van der Waals surface area contributed by atoms with Gasteiger partial charge in [-0.1, -0.05) is 12.1 Å². The van der Waals surface area contributed by atoms with Gasteiger partial charge in [0.05, 0.1) is 19.2 Å². The second-order valence-electron chi connectivity index (χ2n) is 3.78. The summed E-state index contributed by atoms with van der Waals surface area (Å²) in [6, 6.07) is 7.03. The number of hydrogen-bond donors (Lipinski definition) is 0. The Morgan fingerprint density at radius 3 is 2.83 bits per heavy atom. The van der Waals surface area contributed by atoms with E-state index in [1.807, 2.05) is 6.07 Å². The molecule has 1 aromatic rings. The quantitative estimate of drug-likeness (QED) is 0.794. The fourth-order valence-corrected chi connectivity index (χ4v) is 3.20. The SMILES string of the molecule is N#CC1CN(S(=O)(=O)c2ccccc2F)CCO1. The van der Waals surface area contributed by atoms with Gasteiger partial charge in [0.25, 0.3) is 0 Å². The van der Waals surface area contributed by atoms with Crippen LogP contribution in [0.4, 0.5) is 4.39 Å². The minimum atomic E-state index is -3.91. The standard InChI is InChI=1S/C11H11FN2O3S/c12-10-3-1-2-4-11(10)18(15,16)14-5-6-17-9(7-13)8-14/h1-4,9H,5-6,8H2. The van der Waals surface area contributed by atoms with Gasteiger partial charge in [0, 0.05) is 6.54 Å². The summed E-state index contributed by atoms with van der Waals surface area (Å²) in [7, 11) is -3.91. The lowest BCUT2D eigenvalue weighted by atomic mass is 10.3. The third-order valence-corrected chi connectivity index (χ3v) is 4.53. The molecular weight excluding hydrogens is 259 g/mol. The number of sulfonamides is 1. The van der Waals surface area contributed by atoms with Crippen LogP contribution in [0.25, 0.3) is 0 Å². The number of nitrogens with zero attached hydrogens (tertiary/aromatic N) is 2. The molecule has 2 rings (SSSR count). The van der Waals surface area contributed by atoms with E-state index in [0.717, 1.165) is 10.4 Å². The van der Waals surface area contributed by atoms with Crippen LogP contribution in [0.1, 0.15) is 0 Å². The van der Waals surface area contributed by atoms with E-state index in [4.69, 9.17) is 10.00 Å². The van der Waals surface area contributed by atoms with Crippen molar-refractivity contribution in [2.45, 2.75) is 11.0 Å². The second-order valence-corrected chi connectivity index (χ2v) is 5.69. The predicted molar refractivity (Wildman–Crippen MR) is 60.5 cm³/mol. The Morgan fingerprint density at radius 1 is 1.44 bits per heavy atom. The lowest BCUT2D eigenvalue weighted by Crippen LogP contribution is -2.45. The molecule has 1 heterocycles. The Labute approximate surface area is 104 Å². The fourth-order valence-electron chi connectivity index (χ4n) is 1.72. The van der Waals surface area contributed by atoms with Crippen LogP contribution in [0.5, 0.6) is 0 Å². The summed E-state index contributed by atoms with van der Waals surface area (Å²) in [6.45, 7) is 0.175. The fraction of sp³-hybridized carbons (Fsp3) is 0.364. The number of nitriles is 1. The Bertz CT molecular complexity index is 582. The van der Waals surface area contributed by atoms with E-state index in [0.29, 0.717) is 0 Å². The van der Waals surface area contributed by atoms with Crippen LogP contribution in [-0.2, 0) is 14.8 Å². The lowest BCUT2D eigenvalue weighted by Gasteiger charge is -2.28. The maximum atomic E-state index is 13.5. The zero-order chi connectivity index (χ0) is 13.2. The highest BCUT2D eigenvalue weighted by atomic mass is 32.2. The summed E-state index contributed by atoms with van der Waals surface area (Å²) >= 11 is 0. The van der Waals surface area contributed by atoms with Gasteiger partial charge in [-0.25, -0.2) is 12.8 Å². The lowest BCUT2D eigenvalue weighted by molar-refractivity contribution is 0.0311. The molecule has 0 radical (unpaired) electrons. The van der Waals surface area contributed by atoms with E-state index in [-0.39, 0.29) is 24.6 Å². The number of benzene rings is 1. The molecule has 0 aromatic heterocycles.